The van der Waals surface area contributed by atoms with Gasteiger partial charge in [-0.2, -0.15) is 0 Å². The van der Waals surface area contributed by atoms with Gasteiger partial charge in [-0.3, -0.25) is 4.90 Å². The Balaban J connectivity index is 1.80. The summed E-state index contributed by atoms with van der Waals surface area (Å²) >= 11 is 5.95. The molecule has 0 fully saturated rings. The molecule has 0 saturated heterocycles. The monoisotopic (exact) mass is 289 g/mol. The predicted octanol–water partition coefficient (Wildman–Crippen LogP) is 3.44. The number of aromatic hydroxyl groups is 1. The molecule has 20 heavy (non-hydrogen) atoms. The minimum absolute atomic E-state index is 0.174. The molecule has 1 N–H and O–H groups in total. The average Bonchev–Trinajstić information content (AvgIpc) is 2.65. The lowest BCUT2D eigenvalue weighted by Gasteiger charge is -2.20. The summed E-state index contributed by atoms with van der Waals surface area (Å²) in [5.41, 5.74) is 2.02. The van der Waals surface area contributed by atoms with Crippen molar-refractivity contribution in [3.63, 3.8) is 0 Å². The van der Waals surface area contributed by atoms with Crippen LogP contribution in [-0.2, 0) is 13.1 Å². The smallest absolute Gasteiger partial charge is 0.138 e. The maximum atomic E-state index is 10.0. The van der Waals surface area contributed by atoms with Crippen molar-refractivity contribution in [3.8, 4) is 11.5 Å². The quantitative estimate of drug-likeness (QED) is 0.919. The Labute approximate surface area is 123 Å². The van der Waals surface area contributed by atoms with Crippen molar-refractivity contribution in [2.45, 2.75) is 13.1 Å². The molecule has 104 valence electrons. The number of phenols is 1. The number of rotatable bonds is 2. The van der Waals surface area contributed by atoms with E-state index in [2.05, 4.69) is 11.0 Å². The van der Waals surface area contributed by atoms with Crippen molar-refractivity contribution in [1.29, 1.82) is 0 Å². The first-order valence-electron chi connectivity index (χ1n) is 6.63. The van der Waals surface area contributed by atoms with Crippen LogP contribution in [0, 0.1) is 0 Å². The fraction of sp³-hybridized carbons (Fsp3) is 0.250. The molecule has 2 aromatic carbocycles. The van der Waals surface area contributed by atoms with Crippen LogP contribution in [0.3, 0.4) is 0 Å². The van der Waals surface area contributed by atoms with E-state index < -0.39 is 0 Å². The van der Waals surface area contributed by atoms with Gasteiger partial charge < -0.3 is 9.84 Å². The molecule has 2 aromatic rings. The Morgan fingerprint density at radius 2 is 2.00 bits per heavy atom. The fourth-order valence-corrected chi connectivity index (χ4v) is 2.64. The summed E-state index contributed by atoms with van der Waals surface area (Å²) in [5.74, 6) is 1.12. The van der Waals surface area contributed by atoms with E-state index in [4.69, 9.17) is 16.3 Å². The second-order valence-electron chi connectivity index (χ2n) is 4.91. The van der Waals surface area contributed by atoms with Gasteiger partial charge in [0.15, 0.2) is 0 Å². The first-order valence-corrected chi connectivity index (χ1v) is 7.01. The van der Waals surface area contributed by atoms with Crippen LogP contribution in [-0.4, -0.2) is 23.2 Å². The molecule has 1 aliphatic rings. The lowest BCUT2D eigenvalue weighted by Crippen LogP contribution is -2.25. The molecule has 0 atom stereocenters. The molecule has 4 heteroatoms. The van der Waals surface area contributed by atoms with Crippen LogP contribution >= 0.6 is 11.6 Å². The van der Waals surface area contributed by atoms with Crippen molar-refractivity contribution in [2.75, 3.05) is 13.2 Å². The van der Waals surface area contributed by atoms with Gasteiger partial charge in [-0.15, -0.1) is 0 Å². The van der Waals surface area contributed by atoms with E-state index >= 15 is 0 Å². The molecular weight excluding hydrogens is 274 g/mol. The average molecular weight is 290 g/mol. The van der Waals surface area contributed by atoms with E-state index in [1.165, 1.54) is 5.56 Å². The Hall–Kier alpha value is -1.71. The van der Waals surface area contributed by atoms with Crippen LogP contribution in [0.1, 0.15) is 11.1 Å². The Kier molecular flexibility index (Phi) is 3.81. The van der Waals surface area contributed by atoms with Gasteiger partial charge >= 0.3 is 0 Å². The molecule has 3 rings (SSSR count). The highest BCUT2D eigenvalue weighted by atomic mass is 35.5. The molecule has 3 nitrogen and oxygen atoms in total. The Bertz CT molecular complexity index is 615. The van der Waals surface area contributed by atoms with E-state index in [1.54, 1.807) is 6.07 Å². The van der Waals surface area contributed by atoms with Gasteiger partial charge in [0.25, 0.3) is 0 Å². The topological polar surface area (TPSA) is 32.7 Å². The first kappa shape index (κ1) is 13.3. The predicted molar refractivity (Wildman–Crippen MR) is 79.2 cm³/mol. The zero-order valence-corrected chi connectivity index (χ0v) is 11.8. The summed E-state index contributed by atoms with van der Waals surface area (Å²) in [5, 5.41) is 10.4. The maximum Gasteiger partial charge on any atom is 0.138 e. The van der Waals surface area contributed by atoms with Gasteiger partial charge in [-0.25, -0.2) is 0 Å². The fourth-order valence-electron chi connectivity index (χ4n) is 2.44. The molecule has 0 radical (unpaired) electrons. The minimum Gasteiger partial charge on any atom is -0.506 e. The van der Waals surface area contributed by atoms with E-state index in [1.807, 2.05) is 30.3 Å². The molecule has 0 aliphatic carbocycles. The number of hydrogen-bond acceptors (Lipinski definition) is 3. The van der Waals surface area contributed by atoms with Gasteiger partial charge in [-0.1, -0.05) is 41.9 Å². The van der Waals surface area contributed by atoms with Crippen molar-refractivity contribution in [3.05, 3.63) is 58.6 Å². The van der Waals surface area contributed by atoms with E-state index in [0.717, 1.165) is 24.4 Å². The second-order valence-corrected chi connectivity index (χ2v) is 5.32. The molecule has 1 heterocycles. The molecule has 0 spiro atoms. The third kappa shape index (κ3) is 2.74. The van der Waals surface area contributed by atoms with Crippen LogP contribution in [0.25, 0.3) is 0 Å². The van der Waals surface area contributed by atoms with Gasteiger partial charge in [0.1, 0.15) is 18.1 Å². The number of hydrogen-bond donors (Lipinski definition) is 1. The molecule has 1 aliphatic heterocycles. The summed E-state index contributed by atoms with van der Waals surface area (Å²) < 4.78 is 5.74. The number of ether oxygens (including phenoxy) is 1. The Morgan fingerprint density at radius 1 is 1.15 bits per heavy atom. The van der Waals surface area contributed by atoms with E-state index in [0.29, 0.717) is 18.2 Å². The second kappa shape index (κ2) is 5.73. The lowest BCUT2D eigenvalue weighted by molar-refractivity contribution is 0.217. The van der Waals surface area contributed by atoms with Crippen molar-refractivity contribution in [1.82, 2.24) is 4.90 Å². The zero-order valence-electron chi connectivity index (χ0n) is 11.1. The molecule has 0 aromatic heterocycles. The third-order valence-corrected chi connectivity index (χ3v) is 3.80. The SMILES string of the molecule is Oc1c(Cl)cccc1CN1CCOc2ccccc2C1. The van der Waals surface area contributed by atoms with Crippen molar-refractivity contribution in [2.24, 2.45) is 0 Å². The summed E-state index contributed by atoms with van der Waals surface area (Å²) in [6, 6.07) is 13.5. The number of nitrogens with zero attached hydrogens (tertiary/aromatic N) is 1. The summed E-state index contributed by atoms with van der Waals surface area (Å²) in [6.07, 6.45) is 0. The van der Waals surface area contributed by atoms with Gasteiger partial charge in [0.2, 0.25) is 0 Å². The van der Waals surface area contributed by atoms with Crippen LogP contribution < -0.4 is 4.74 Å². The number of halogens is 1. The number of fused-ring (bicyclic) bond motifs is 1. The van der Waals surface area contributed by atoms with Gasteiger partial charge in [0.05, 0.1) is 5.02 Å². The number of benzene rings is 2. The highest BCUT2D eigenvalue weighted by molar-refractivity contribution is 6.32. The van der Waals surface area contributed by atoms with Crippen molar-refractivity contribution >= 4 is 11.6 Å². The van der Waals surface area contributed by atoms with Gasteiger partial charge in [0, 0.05) is 30.8 Å². The van der Waals surface area contributed by atoms with Gasteiger partial charge in [-0.05, 0) is 12.1 Å². The minimum atomic E-state index is 0.174. The highest BCUT2D eigenvalue weighted by Crippen LogP contribution is 2.29. The Morgan fingerprint density at radius 3 is 2.90 bits per heavy atom. The molecule has 0 amide bonds. The largest absolute Gasteiger partial charge is 0.506 e. The van der Waals surface area contributed by atoms with E-state index in [-0.39, 0.29) is 5.75 Å². The number of phenolic OH excluding ortho intramolecular Hbond substituents is 1. The standard InChI is InChI=1S/C16H16ClNO2/c17-14-6-3-5-13(16(14)19)11-18-8-9-20-15-7-2-1-4-12(15)10-18/h1-7,19H,8-11H2. The van der Waals surface area contributed by atoms with Crippen LogP contribution in [0.15, 0.2) is 42.5 Å². The zero-order chi connectivity index (χ0) is 13.9. The van der Waals surface area contributed by atoms with E-state index in [9.17, 15) is 5.11 Å². The van der Waals surface area contributed by atoms with Crippen LogP contribution in [0.2, 0.25) is 5.02 Å². The highest BCUT2D eigenvalue weighted by Gasteiger charge is 2.16. The van der Waals surface area contributed by atoms with Crippen molar-refractivity contribution < 1.29 is 9.84 Å². The lowest BCUT2D eigenvalue weighted by atomic mass is 10.1. The molecular formula is C16H16ClNO2. The molecule has 0 bridgehead atoms. The maximum absolute atomic E-state index is 10.0. The summed E-state index contributed by atoms with van der Waals surface area (Å²) in [7, 11) is 0. The summed E-state index contributed by atoms with van der Waals surface area (Å²) in [4.78, 5) is 2.25. The van der Waals surface area contributed by atoms with Crippen LogP contribution in [0.4, 0.5) is 0 Å². The third-order valence-electron chi connectivity index (χ3n) is 3.50. The molecule has 0 unspecified atom stereocenters. The van der Waals surface area contributed by atoms with Crippen LogP contribution in [0.5, 0.6) is 11.5 Å². The first-order chi connectivity index (χ1) is 9.74. The normalized spacial score (nSPS) is 15.2. The molecule has 0 saturated carbocycles. The summed E-state index contributed by atoms with van der Waals surface area (Å²) in [6.45, 7) is 2.94. The number of para-hydroxylation sites is 2.